The minimum absolute atomic E-state index is 0.279. The number of hydrogen-bond acceptors (Lipinski definition) is 2. The Balaban J connectivity index is 1.85. The first-order valence-corrected chi connectivity index (χ1v) is 5.65. The molecule has 0 amide bonds. The summed E-state index contributed by atoms with van der Waals surface area (Å²) in [5.74, 6) is 0.730. The van der Waals surface area contributed by atoms with Gasteiger partial charge in [-0.25, -0.2) is 0 Å². The molecule has 82 valence electrons. The van der Waals surface area contributed by atoms with Crippen LogP contribution >= 0.6 is 0 Å². The molecular formula is C13H18O2. The highest BCUT2D eigenvalue weighted by Gasteiger charge is 2.18. The fourth-order valence-electron chi connectivity index (χ4n) is 1.86. The number of aryl methyl sites for hydroxylation is 1. The van der Waals surface area contributed by atoms with Gasteiger partial charge >= 0.3 is 0 Å². The molecule has 0 atom stereocenters. The van der Waals surface area contributed by atoms with Crippen molar-refractivity contribution in [3.8, 4) is 0 Å². The van der Waals surface area contributed by atoms with Gasteiger partial charge < -0.3 is 9.84 Å². The van der Waals surface area contributed by atoms with Crippen molar-refractivity contribution in [1.29, 1.82) is 0 Å². The van der Waals surface area contributed by atoms with E-state index in [-0.39, 0.29) is 6.61 Å². The van der Waals surface area contributed by atoms with E-state index >= 15 is 0 Å². The molecule has 0 aromatic heterocycles. The van der Waals surface area contributed by atoms with Crippen LogP contribution in [0, 0.1) is 5.92 Å². The van der Waals surface area contributed by atoms with Crippen LogP contribution in [0.1, 0.15) is 17.5 Å². The fourth-order valence-corrected chi connectivity index (χ4v) is 1.86. The van der Waals surface area contributed by atoms with Gasteiger partial charge in [0.15, 0.2) is 0 Å². The van der Waals surface area contributed by atoms with Gasteiger partial charge in [-0.05, 0) is 30.4 Å². The Bertz CT molecular complexity index is 288. The summed E-state index contributed by atoms with van der Waals surface area (Å²) in [6, 6.07) is 8.74. The van der Waals surface area contributed by atoms with E-state index in [0.29, 0.717) is 0 Å². The van der Waals surface area contributed by atoms with Crippen molar-refractivity contribution >= 4 is 0 Å². The van der Waals surface area contributed by atoms with Gasteiger partial charge in [0.2, 0.25) is 0 Å². The third kappa shape index (κ3) is 3.05. The highest BCUT2D eigenvalue weighted by atomic mass is 16.5. The van der Waals surface area contributed by atoms with E-state index in [9.17, 15) is 0 Å². The molecule has 1 aliphatic heterocycles. The summed E-state index contributed by atoms with van der Waals surface area (Å²) in [6.45, 7) is 2.12. The topological polar surface area (TPSA) is 29.5 Å². The van der Waals surface area contributed by atoms with Crippen LogP contribution < -0.4 is 0 Å². The van der Waals surface area contributed by atoms with Gasteiger partial charge in [0, 0.05) is 12.5 Å². The lowest BCUT2D eigenvalue weighted by molar-refractivity contribution is -0.0312. The Hall–Kier alpha value is -0.860. The summed E-state index contributed by atoms with van der Waals surface area (Å²) in [6.07, 6.45) is 2.97. The zero-order chi connectivity index (χ0) is 10.5. The maximum absolute atomic E-state index is 8.73. The lowest BCUT2D eigenvalue weighted by Gasteiger charge is -2.25. The van der Waals surface area contributed by atoms with Gasteiger partial charge in [0.05, 0.1) is 13.2 Å². The Morgan fingerprint density at radius 1 is 1.13 bits per heavy atom. The van der Waals surface area contributed by atoms with Crippen LogP contribution in [0.4, 0.5) is 0 Å². The van der Waals surface area contributed by atoms with E-state index in [0.717, 1.165) is 38.4 Å². The summed E-state index contributed by atoms with van der Waals surface area (Å²) >= 11 is 0. The fraction of sp³-hybridized carbons (Fsp3) is 0.538. The van der Waals surface area contributed by atoms with Crippen molar-refractivity contribution in [3.63, 3.8) is 0 Å². The summed E-state index contributed by atoms with van der Waals surface area (Å²) in [7, 11) is 0. The third-order valence-electron chi connectivity index (χ3n) is 2.88. The summed E-state index contributed by atoms with van der Waals surface area (Å²) in [5.41, 5.74) is 2.72. The van der Waals surface area contributed by atoms with Gasteiger partial charge in [-0.3, -0.25) is 0 Å². The molecule has 0 spiro atoms. The predicted molar refractivity (Wildman–Crippen MR) is 59.9 cm³/mol. The van der Waals surface area contributed by atoms with Crippen LogP contribution in [0.15, 0.2) is 24.3 Å². The molecule has 0 unspecified atom stereocenters. The Morgan fingerprint density at radius 3 is 2.33 bits per heavy atom. The van der Waals surface area contributed by atoms with E-state index in [1.807, 2.05) is 0 Å². The number of aliphatic hydroxyl groups is 1. The molecule has 2 heteroatoms. The van der Waals surface area contributed by atoms with Gasteiger partial charge in [-0.2, -0.15) is 0 Å². The van der Waals surface area contributed by atoms with Crippen LogP contribution in [0.25, 0.3) is 0 Å². The predicted octanol–water partition coefficient (Wildman–Crippen LogP) is 1.80. The van der Waals surface area contributed by atoms with Crippen molar-refractivity contribution in [1.82, 2.24) is 0 Å². The van der Waals surface area contributed by atoms with Crippen LogP contribution in [0.5, 0.6) is 0 Å². The number of aliphatic hydroxyl groups excluding tert-OH is 1. The molecular weight excluding hydrogens is 188 g/mol. The van der Waals surface area contributed by atoms with Crippen LogP contribution in [0.2, 0.25) is 0 Å². The molecule has 1 saturated heterocycles. The average molecular weight is 206 g/mol. The molecule has 1 fully saturated rings. The molecule has 0 bridgehead atoms. The zero-order valence-electron chi connectivity index (χ0n) is 8.98. The number of hydrogen-bond donors (Lipinski definition) is 1. The highest BCUT2D eigenvalue weighted by Crippen LogP contribution is 2.17. The largest absolute Gasteiger partial charge is 0.396 e. The number of rotatable bonds is 5. The monoisotopic (exact) mass is 206 g/mol. The maximum atomic E-state index is 8.73. The summed E-state index contributed by atoms with van der Waals surface area (Å²) in [4.78, 5) is 0. The normalized spacial score (nSPS) is 16.3. The Labute approximate surface area is 90.9 Å². The van der Waals surface area contributed by atoms with E-state index in [1.165, 1.54) is 11.1 Å². The second kappa shape index (κ2) is 5.29. The van der Waals surface area contributed by atoms with Crippen molar-refractivity contribution in [2.24, 2.45) is 5.92 Å². The second-order valence-corrected chi connectivity index (χ2v) is 4.25. The molecule has 2 nitrogen and oxygen atoms in total. The molecule has 2 rings (SSSR count). The SMILES string of the molecule is OCCCc1ccc(CC2COC2)cc1. The number of benzene rings is 1. The summed E-state index contributed by atoms with van der Waals surface area (Å²) in [5, 5.41) is 8.73. The lowest BCUT2D eigenvalue weighted by Crippen LogP contribution is -2.29. The van der Waals surface area contributed by atoms with Crippen molar-refractivity contribution in [2.75, 3.05) is 19.8 Å². The van der Waals surface area contributed by atoms with Crippen molar-refractivity contribution < 1.29 is 9.84 Å². The van der Waals surface area contributed by atoms with Crippen LogP contribution in [0.3, 0.4) is 0 Å². The molecule has 1 aromatic rings. The molecule has 1 aromatic carbocycles. The lowest BCUT2D eigenvalue weighted by atomic mass is 9.97. The molecule has 0 radical (unpaired) electrons. The third-order valence-corrected chi connectivity index (χ3v) is 2.88. The highest BCUT2D eigenvalue weighted by molar-refractivity contribution is 5.23. The standard InChI is InChI=1S/C13H18O2/c14-7-1-2-11-3-5-12(6-4-11)8-13-9-15-10-13/h3-6,13-14H,1-2,7-10H2. The van der Waals surface area contributed by atoms with E-state index in [4.69, 9.17) is 9.84 Å². The molecule has 15 heavy (non-hydrogen) atoms. The Morgan fingerprint density at radius 2 is 1.80 bits per heavy atom. The van der Waals surface area contributed by atoms with E-state index in [1.54, 1.807) is 0 Å². The molecule has 0 saturated carbocycles. The Kier molecular flexibility index (Phi) is 3.75. The first-order valence-electron chi connectivity index (χ1n) is 5.65. The van der Waals surface area contributed by atoms with Crippen LogP contribution in [-0.4, -0.2) is 24.9 Å². The molecule has 0 aliphatic carbocycles. The molecule has 1 heterocycles. The van der Waals surface area contributed by atoms with E-state index in [2.05, 4.69) is 24.3 Å². The smallest absolute Gasteiger partial charge is 0.0519 e. The zero-order valence-corrected chi connectivity index (χ0v) is 8.98. The van der Waals surface area contributed by atoms with Crippen molar-refractivity contribution in [3.05, 3.63) is 35.4 Å². The van der Waals surface area contributed by atoms with Gasteiger partial charge in [0.1, 0.15) is 0 Å². The minimum atomic E-state index is 0.279. The summed E-state index contributed by atoms with van der Waals surface area (Å²) < 4.78 is 5.16. The minimum Gasteiger partial charge on any atom is -0.396 e. The average Bonchev–Trinajstić information content (AvgIpc) is 2.22. The maximum Gasteiger partial charge on any atom is 0.0519 e. The van der Waals surface area contributed by atoms with Gasteiger partial charge in [-0.15, -0.1) is 0 Å². The van der Waals surface area contributed by atoms with Crippen LogP contribution in [-0.2, 0) is 17.6 Å². The van der Waals surface area contributed by atoms with Crippen molar-refractivity contribution in [2.45, 2.75) is 19.3 Å². The molecule has 1 aliphatic rings. The second-order valence-electron chi connectivity index (χ2n) is 4.25. The quantitative estimate of drug-likeness (QED) is 0.796. The first kappa shape index (κ1) is 10.7. The van der Waals surface area contributed by atoms with Gasteiger partial charge in [-0.1, -0.05) is 24.3 Å². The molecule has 1 N–H and O–H groups in total. The number of ether oxygens (including phenoxy) is 1. The first-order chi connectivity index (χ1) is 7.38. The van der Waals surface area contributed by atoms with Gasteiger partial charge in [0.25, 0.3) is 0 Å². The van der Waals surface area contributed by atoms with E-state index < -0.39 is 0 Å².